The van der Waals surface area contributed by atoms with Crippen LogP contribution in [0.15, 0.2) is 42.5 Å². The number of methoxy groups -OCH3 is 1. The van der Waals surface area contributed by atoms with Crippen LogP contribution in [0.2, 0.25) is 5.02 Å². The van der Waals surface area contributed by atoms with Crippen LogP contribution in [0.3, 0.4) is 0 Å². The Morgan fingerprint density at radius 2 is 2.00 bits per heavy atom. The molecule has 122 valence electrons. The standard InChI is InChI=1S/C17H13ClN2O4/c1-23-17(22)12-4-2-3-5-14(12)20-16(21)10-24-15-7-6-11(9-19)8-13(15)18/h2-8H,10H2,1H3,(H,20,21). The number of esters is 1. The summed E-state index contributed by atoms with van der Waals surface area (Å²) in [6.45, 7) is -0.304. The predicted molar refractivity (Wildman–Crippen MR) is 88.1 cm³/mol. The smallest absolute Gasteiger partial charge is 0.339 e. The molecule has 0 saturated heterocycles. The van der Waals surface area contributed by atoms with E-state index in [2.05, 4.69) is 10.1 Å². The Bertz CT molecular complexity index is 814. The van der Waals surface area contributed by atoms with Crippen molar-refractivity contribution in [2.24, 2.45) is 0 Å². The van der Waals surface area contributed by atoms with Gasteiger partial charge in [-0.1, -0.05) is 23.7 Å². The lowest BCUT2D eigenvalue weighted by molar-refractivity contribution is -0.118. The normalized spacial score (nSPS) is 9.71. The third kappa shape index (κ3) is 4.24. The maximum absolute atomic E-state index is 12.0. The van der Waals surface area contributed by atoms with Gasteiger partial charge in [0.25, 0.3) is 5.91 Å². The molecular weight excluding hydrogens is 332 g/mol. The minimum absolute atomic E-state index is 0.233. The lowest BCUT2D eigenvalue weighted by Crippen LogP contribution is -2.21. The molecule has 0 aliphatic rings. The van der Waals surface area contributed by atoms with Crippen molar-refractivity contribution in [1.29, 1.82) is 5.26 Å². The summed E-state index contributed by atoms with van der Waals surface area (Å²) in [6.07, 6.45) is 0. The summed E-state index contributed by atoms with van der Waals surface area (Å²) in [6, 6.07) is 12.9. The fourth-order valence-electron chi connectivity index (χ4n) is 1.90. The van der Waals surface area contributed by atoms with Crippen LogP contribution in [0.25, 0.3) is 0 Å². The highest BCUT2D eigenvalue weighted by molar-refractivity contribution is 6.32. The highest BCUT2D eigenvalue weighted by Gasteiger charge is 2.14. The van der Waals surface area contributed by atoms with Gasteiger partial charge in [-0.15, -0.1) is 0 Å². The second-order valence-electron chi connectivity index (χ2n) is 4.63. The predicted octanol–water partition coefficient (Wildman–Crippen LogP) is 3.02. The van der Waals surface area contributed by atoms with Crippen LogP contribution < -0.4 is 10.1 Å². The van der Waals surface area contributed by atoms with Gasteiger partial charge in [0, 0.05) is 0 Å². The van der Waals surface area contributed by atoms with Gasteiger partial charge in [0.2, 0.25) is 0 Å². The lowest BCUT2D eigenvalue weighted by atomic mass is 10.2. The second-order valence-corrected chi connectivity index (χ2v) is 5.04. The molecule has 0 saturated carbocycles. The summed E-state index contributed by atoms with van der Waals surface area (Å²) in [5, 5.41) is 11.6. The zero-order valence-corrected chi connectivity index (χ0v) is 13.5. The molecule has 1 N–H and O–H groups in total. The highest BCUT2D eigenvalue weighted by atomic mass is 35.5. The summed E-state index contributed by atoms with van der Waals surface area (Å²) in [4.78, 5) is 23.7. The number of nitrogens with zero attached hydrogens (tertiary/aromatic N) is 1. The van der Waals surface area contributed by atoms with Crippen molar-refractivity contribution in [3.63, 3.8) is 0 Å². The number of anilines is 1. The number of hydrogen-bond donors (Lipinski definition) is 1. The average molecular weight is 345 g/mol. The molecule has 0 aliphatic heterocycles. The summed E-state index contributed by atoms with van der Waals surface area (Å²) < 4.78 is 9.99. The van der Waals surface area contributed by atoms with Gasteiger partial charge in [-0.2, -0.15) is 5.26 Å². The third-order valence-corrected chi connectivity index (χ3v) is 3.32. The van der Waals surface area contributed by atoms with Crippen molar-refractivity contribution >= 4 is 29.2 Å². The SMILES string of the molecule is COC(=O)c1ccccc1NC(=O)COc1ccc(C#N)cc1Cl. The topological polar surface area (TPSA) is 88.4 Å². The number of halogens is 1. The minimum Gasteiger partial charge on any atom is -0.482 e. The zero-order chi connectivity index (χ0) is 17.5. The molecule has 2 aromatic carbocycles. The van der Waals surface area contributed by atoms with Crippen molar-refractivity contribution in [3.05, 3.63) is 58.6 Å². The lowest BCUT2D eigenvalue weighted by Gasteiger charge is -2.11. The fraction of sp³-hybridized carbons (Fsp3) is 0.118. The third-order valence-electron chi connectivity index (χ3n) is 3.03. The van der Waals surface area contributed by atoms with E-state index in [0.29, 0.717) is 11.3 Å². The van der Waals surface area contributed by atoms with Gasteiger partial charge in [-0.25, -0.2) is 4.79 Å². The van der Waals surface area contributed by atoms with Crippen molar-refractivity contribution in [1.82, 2.24) is 0 Å². The van der Waals surface area contributed by atoms with E-state index in [4.69, 9.17) is 21.6 Å². The summed E-state index contributed by atoms with van der Waals surface area (Å²) in [5.74, 6) is -0.735. The van der Waals surface area contributed by atoms with Crippen LogP contribution in [0, 0.1) is 11.3 Å². The van der Waals surface area contributed by atoms with E-state index >= 15 is 0 Å². The molecule has 0 radical (unpaired) electrons. The molecule has 0 fully saturated rings. The number of carbonyl (C=O) groups is 2. The minimum atomic E-state index is -0.554. The van der Waals surface area contributed by atoms with E-state index < -0.39 is 11.9 Å². The first-order valence-corrected chi connectivity index (χ1v) is 7.22. The fourth-order valence-corrected chi connectivity index (χ4v) is 2.13. The van der Waals surface area contributed by atoms with E-state index in [1.807, 2.05) is 6.07 Å². The number of hydrogen-bond acceptors (Lipinski definition) is 5. The molecule has 0 aromatic heterocycles. The molecule has 0 bridgehead atoms. The molecule has 0 heterocycles. The largest absolute Gasteiger partial charge is 0.482 e. The molecule has 24 heavy (non-hydrogen) atoms. The number of rotatable bonds is 5. The van der Waals surface area contributed by atoms with E-state index in [0.717, 1.165) is 0 Å². The highest BCUT2D eigenvalue weighted by Crippen LogP contribution is 2.25. The second kappa shape index (κ2) is 7.99. The number of para-hydroxylation sites is 1. The van der Waals surface area contributed by atoms with Gasteiger partial charge in [-0.3, -0.25) is 4.79 Å². The van der Waals surface area contributed by atoms with Crippen molar-refractivity contribution in [2.45, 2.75) is 0 Å². The van der Waals surface area contributed by atoms with Gasteiger partial charge >= 0.3 is 5.97 Å². The van der Waals surface area contributed by atoms with Crippen molar-refractivity contribution in [2.75, 3.05) is 19.0 Å². The number of carbonyl (C=O) groups excluding carboxylic acids is 2. The summed E-state index contributed by atoms with van der Waals surface area (Å²) >= 11 is 5.97. The van der Waals surface area contributed by atoms with Crippen molar-refractivity contribution in [3.8, 4) is 11.8 Å². The Labute approximate surface area is 143 Å². The molecule has 2 aromatic rings. The first-order chi connectivity index (χ1) is 11.5. The molecule has 7 heteroatoms. The Hall–Kier alpha value is -3.04. The number of nitriles is 1. The Morgan fingerprint density at radius 3 is 2.67 bits per heavy atom. The Kier molecular flexibility index (Phi) is 5.77. The van der Waals surface area contributed by atoms with E-state index in [9.17, 15) is 9.59 Å². The first kappa shape index (κ1) is 17.3. The van der Waals surface area contributed by atoms with Crippen LogP contribution in [-0.2, 0) is 9.53 Å². The molecule has 2 rings (SSSR count). The maximum Gasteiger partial charge on any atom is 0.339 e. The summed E-state index contributed by atoms with van der Waals surface area (Å²) in [7, 11) is 1.26. The maximum atomic E-state index is 12.0. The van der Waals surface area contributed by atoms with Gasteiger partial charge in [0.15, 0.2) is 6.61 Å². The molecule has 0 spiro atoms. The van der Waals surface area contributed by atoms with Crippen LogP contribution in [0.1, 0.15) is 15.9 Å². The number of amides is 1. The first-order valence-electron chi connectivity index (χ1n) is 6.84. The number of ether oxygens (including phenoxy) is 2. The average Bonchev–Trinajstić information content (AvgIpc) is 2.60. The monoisotopic (exact) mass is 344 g/mol. The van der Waals surface area contributed by atoms with Gasteiger partial charge in [-0.05, 0) is 30.3 Å². The van der Waals surface area contributed by atoms with Crippen LogP contribution >= 0.6 is 11.6 Å². The van der Waals surface area contributed by atoms with E-state index in [1.54, 1.807) is 24.3 Å². The molecule has 0 unspecified atom stereocenters. The van der Waals surface area contributed by atoms with E-state index in [-0.39, 0.29) is 22.9 Å². The molecule has 0 atom stereocenters. The Morgan fingerprint density at radius 1 is 1.25 bits per heavy atom. The molecule has 1 amide bonds. The number of benzene rings is 2. The zero-order valence-electron chi connectivity index (χ0n) is 12.7. The summed E-state index contributed by atoms with van der Waals surface area (Å²) in [5.41, 5.74) is 0.956. The van der Waals surface area contributed by atoms with Gasteiger partial charge in [0.05, 0.1) is 35.0 Å². The molecule has 0 aliphatic carbocycles. The molecule has 6 nitrogen and oxygen atoms in total. The van der Waals surface area contributed by atoms with Gasteiger partial charge in [0.1, 0.15) is 5.75 Å². The van der Waals surface area contributed by atoms with Crippen LogP contribution in [0.4, 0.5) is 5.69 Å². The van der Waals surface area contributed by atoms with Crippen LogP contribution in [-0.4, -0.2) is 25.6 Å². The number of nitrogens with one attached hydrogen (secondary N) is 1. The van der Waals surface area contributed by atoms with Crippen LogP contribution in [0.5, 0.6) is 5.75 Å². The molecular formula is C17H13ClN2O4. The Balaban J connectivity index is 2.02. The van der Waals surface area contributed by atoms with Gasteiger partial charge < -0.3 is 14.8 Å². The van der Waals surface area contributed by atoms with E-state index in [1.165, 1.54) is 25.3 Å². The quantitative estimate of drug-likeness (QED) is 0.842. The van der Waals surface area contributed by atoms with Crippen molar-refractivity contribution < 1.29 is 19.1 Å².